The Morgan fingerprint density at radius 3 is 2.57 bits per heavy atom. The van der Waals surface area contributed by atoms with Gasteiger partial charge in [0.05, 0.1) is 0 Å². The van der Waals surface area contributed by atoms with E-state index in [-0.39, 0.29) is 17.8 Å². The van der Waals surface area contributed by atoms with E-state index >= 15 is 0 Å². The SMILES string of the molecule is CCC(Oc1ccc(F)cc1)C(=O)NC1CCN(C)CC1. The fourth-order valence-electron chi connectivity index (χ4n) is 2.45. The number of halogens is 1. The van der Waals surface area contributed by atoms with Crippen molar-refractivity contribution < 1.29 is 13.9 Å². The molecule has 2 rings (SSSR count). The number of ether oxygens (including phenoxy) is 1. The number of piperidine rings is 1. The van der Waals surface area contributed by atoms with Crippen molar-refractivity contribution >= 4 is 5.91 Å². The molecule has 1 aromatic rings. The van der Waals surface area contributed by atoms with Crippen molar-refractivity contribution in [3.8, 4) is 5.75 Å². The molecule has 1 aliphatic heterocycles. The summed E-state index contributed by atoms with van der Waals surface area (Å²) in [6, 6.07) is 5.97. The lowest BCUT2D eigenvalue weighted by Gasteiger charge is -2.30. The number of likely N-dealkylation sites (tertiary alicyclic amines) is 1. The van der Waals surface area contributed by atoms with E-state index in [2.05, 4.69) is 17.3 Å². The molecule has 0 radical (unpaired) electrons. The van der Waals surface area contributed by atoms with Crippen LogP contribution in [0.3, 0.4) is 0 Å². The minimum Gasteiger partial charge on any atom is -0.481 e. The van der Waals surface area contributed by atoms with Gasteiger partial charge in [-0.3, -0.25) is 4.79 Å². The van der Waals surface area contributed by atoms with Crippen LogP contribution in [0.2, 0.25) is 0 Å². The summed E-state index contributed by atoms with van der Waals surface area (Å²) >= 11 is 0. The molecule has 0 saturated carbocycles. The van der Waals surface area contributed by atoms with Crippen molar-refractivity contribution in [3.63, 3.8) is 0 Å². The third kappa shape index (κ3) is 4.70. The number of hydrogen-bond donors (Lipinski definition) is 1. The van der Waals surface area contributed by atoms with E-state index in [0.29, 0.717) is 12.2 Å². The molecule has 0 aliphatic carbocycles. The second-order valence-electron chi connectivity index (χ2n) is 5.55. The Morgan fingerprint density at radius 2 is 2.00 bits per heavy atom. The van der Waals surface area contributed by atoms with Gasteiger partial charge in [-0.15, -0.1) is 0 Å². The van der Waals surface area contributed by atoms with Crippen molar-refractivity contribution in [1.29, 1.82) is 0 Å². The van der Waals surface area contributed by atoms with Crippen LogP contribution in [-0.2, 0) is 4.79 Å². The van der Waals surface area contributed by atoms with Crippen LogP contribution in [0, 0.1) is 5.82 Å². The summed E-state index contributed by atoms with van der Waals surface area (Å²) in [6.07, 6.45) is 1.98. The molecule has 1 unspecified atom stereocenters. The average Bonchev–Trinajstić information content (AvgIpc) is 2.49. The van der Waals surface area contributed by atoms with Gasteiger partial charge in [0.25, 0.3) is 5.91 Å². The molecule has 116 valence electrons. The van der Waals surface area contributed by atoms with E-state index in [0.717, 1.165) is 25.9 Å². The highest BCUT2D eigenvalue weighted by Crippen LogP contribution is 2.15. The van der Waals surface area contributed by atoms with Gasteiger partial charge in [0.2, 0.25) is 0 Å². The summed E-state index contributed by atoms with van der Waals surface area (Å²) in [5, 5.41) is 3.06. The second kappa shape index (κ2) is 7.41. The molecule has 1 aromatic carbocycles. The van der Waals surface area contributed by atoms with Crippen molar-refractivity contribution in [1.82, 2.24) is 10.2 Å². The van der Waals surface area contributed by atoms with E-state index in [1.54, 1.807) is 12.1 Å². The smallest absolute Gasteiger partial charge is 0.261 e. The van der Waals surface area contributed by atoms with Gasteiger partial charge >= 0.3 is 0 Å². The quantitative estimate of drug-likeness (QED) is 0.905. The highest BCUT2D eigenvalue weighted by Gasteiger charge is 2.23. The van der Waals surface area contributed by atoms with Gasteiger partial charge in [0.1, 0.15) is 11.6 Å². The molecule has 1 fully saturated rings. The Hall–Kier alpha value is -1.62. The standard InChI is InChI=1S/C16H23FN2O2/c1-3-15(21-14-6-4-12(17)5-7-14)16(20)18-13-8-10-19(2)11-9-13/h4-7,13,15H,3,8-11H2,1-2H3,(H,18,20). The number of carbonyl (C=O) groups excluding carboxylic acids is 1. The Morgan fingerprint density at radius 1 is 1.38 bits per heavy atom. The highest BCUT2D eigenvalue weighted by atomic mass is 19.1. The largest absolute Gasteiger partial charge is 0.481 e. The lowest BCUT2D eigenvalue weighted by atomic mass is 10.1. The van der Waals surface area contributed by atoms with E-state index in [4.69, 9.17) is 4.74 Å². The molecule has 1 N–H and O–H groups in total. The van der Waals surface area contributed by atoms with Crippen LogP contribution in [-0.4, -0.2) is 43.1 Å². The fraction of sp³-hybridized carbons (Fsp3) is 0.562. The van der Waals surface area contributed by atoms with Crippen molar-refractivity contribution in [2.24, 2.45) is 0 Å². The first-order valence-corrected chi connectivity index (χ1v) is 7.49. The molecular weight excluding hydrogens is 271 g/mol. The van der Waals surface area contributed by atoms with Crippen molar-refractivity contribution in [3.05, 3.63) is 30.1 Å². The van der Waals surface area contributed by atoms with Crippen molar-refractivity contribution in [2.45, 2.75) is 38.3 Å². The third-order valence-electron chi connectivity index (χ3n) is 3.82. The van der Waals surface area contributed by atoms with Crippen LogP contribution in [0.25, 0.3) is 0 Å². The van der Waals surface area contributed by atoms with Crippen LogP contribution in [0.15, 0.2) is 24.3 Å². The van der Waals surface area contributed by atoms with Gasteiger partial charge in [0.15, 0.2) is 6.10 Å². The number of benzene rings is 1. The molecule has 21 heavy (non-hydrogen) atoms. The monoisotopic (exact) mass is 294 g/mol. The van der Waals surface area contributed by atoms with Crippen LogP contribution in [0.5, 0.6) is 5.75 Å². The van der Waals surface area contributed by atoms with Crippen LogP contribution in [0.4, 0.5) is 4.39 Å². The molecule has 4 nitrogen and oxygen atoms in total. The summed E-state index contributed by atoms with van der Waals surface area (Å²) in [6.45, 7) is 3.91. The van der Waals surface area contributed by atoms with Crippen LogP contribution in [0.1, 0.15) is 26.2 Å². The maximum atomic E-state index is 12.9. The number of nitrogens with zero attached hydrogens (tertiary/aromatic N) is 1. The number of hydrogen-bond acceptors (Lipinski definition) is 3. The molecule has 0 spiro atoms. The van der Waals surface area contributed by atoms with Gasteiger partial charge < -0.3 is 15.0 Å². The molecule has 1 aliphatic rings. The van der Waals surface area contributed by atoms with E-state index in [1.165, 1.54) is 12.1 Å². The first-order chi connectivity index (χ1) is 10.1. The molecule has 1 heterocycles. The van der Waals surface area contributed by atoms with E-state index in [9.17, 15) is 9.18 Å². The van der Waals surface area contributed by atoms with Gasteiger partial charge in [-0.1, -0.05) is 6.92 Å². The average molecular weight is 294 g/mol. The molecule has 0 bridgehead atoms. The minimum absolute atomic E-state index is 0.0867. The fourth-order valence-corrected chi connectivity index (χ4v) is 2.45. The van der Waals surface area contributed by atoms with E-state index in [1.807, 2.05) is 6.92 Å². The lowest BCUT2D eigenvalue weighted by Crippen LogP contribution is -2.47. The second-order valence-corrected chi connectivity index (χ2v) is 5.55. The van der Waals surface area contributed by atoms with Crippen LogP contribution >= 0.6 is 0 Å². The Bertz CT molecular complexity index is 456. The third-order valence-corrected chi connectivity index (χ3v) is 3.82. The molecule has 0 aromatic heterocycles. The van der Waals surface area contributed by atoms with Crippen molar-refractivity contribution in [2.75, 3.05) is 20.1 Å². The number of amides is 1. The summed E-state index contributed by atoms with van der Waals surface area (Å²) in [7, 11) is 2.09. The summed E-state index contributed by atoms with van der Waals surface area (Å²) < 4.78 is 18.5. The van der Waals surface area contributed by atoms with Gasteiger partial charge in [-0.25, -0.2) is 4.39 Å². The topological polar surface area (TPSA) is 41.6 Å². The first kappa shape index (κ1) is 15.8. The zero-order chi connectivity index (χ0) is 15.2. The Balaban J connectivity index is 1.87. The predicted octanol–water partition coefficient (Wildman–Crippen LogP) is 2.19. The predicted molar refractivity (Wildman–Crippen MR) is 79.8 cm³/mol. The zero-order valence-corrected chi connectivity index (χ0v) is 12.6. The summed E-state index contributed by atoms with van der Waals surface area (Å²) in [5.41, 5.74) is 0. The normalized spacial score (nSPS) is 18.2. The highest BCUT2D eigenvalue weighted by molar-refractivity contribution is 5.81. The molecular formula is C16H23FN2O2. The van der Waals surface area contributed by atoms with E-state index < -0.39 is 6.10 Å². The maximum absolute atomic E-state index is 12.9. The lowest BCUT2D eigenvalue weighted by molar-refractivity contribution is -0.129. The minimum atomic E-state index is -0.532. The zero-order valence-electron chi connectivity index (χ0n) is 12.6. The van der Waals surface area contributed by atoms with Gasteiger partial charge in [-0.2, -0.15) is 0 Å². The number of rotatable bonds is 5. The number of carbonyl (C=O) groups is 1. The summed E-state index contributed by atoms with van der Waals surface area (Å²) in [4.78, 5) is 14.5. The van der Waals surface area contributed by atoms with Gasteiger partial charge in [0, 0.05) is 6.04 Å². The molecule has 1 saturated heterocycles. The Kier molecular flexibility index (Phi) is 5.56. The molecule has 5 heteroatoms. The number of nitrogens with one attached hydrogen (secondary N) is 1. The van der Waals surface area contributed by atoms with Crippen LogP contribution < -0.4 is 10.1 Å². The Labute approximate surface area is 125 Å². The molecule has 1 amide bonds. The maximum Gasteiger partial charge on any atom is 0.261 e. The summed E-state index contributed by atoms with van der Waals surface area (Å²) in [5.74, 6) is 0.115. The first-order valence-electron chi connectivity index (χ1n) is 7.49. The molecule has 1 atom stereocenters. The van der Waals surface area contributed by atoms with Gasteiger partial charge in [-0.05, 0) is 63.7 Å².